The first-order valence-electron chi connectivity index (χ1n) is 5.92. The number of ether oxygens (including phenoxy) is 1. The maximum atomic E-state index is 11.7. The summed E-state index contributed by atoms with van der Waals surface area (Å²) in [4.78, 5) is 22.8. The summed E-state index contributed by atoms with van der Waals surface area (Å²) in [5.74, 6) is -1.11. The van der Waals surface area contributed by atoms with Gasteiger partial charge in [-0.05, 0) is 12.5 Å². The first-order valence-corrected chi connectivity index (χ1v) is 5.92. The van der Waals surface area contributed by atoms with E-state index in [0.29, 0.717) is 5.56 Å². The Hall–Kier alpha value is -2.14. The summed E-state index contributed by atoms with van der Waals surface area (Å²) < 4.78 is 4.67. The molecule has 0 radical (unpaired) electrons. The van der Waals surface area contributed by atoms with Crippen LogP contribution in [0.5, 0.6) is 0 Å². The van der Waals surface area contributed by atoms with E-state index in [0.717, 1.165) is 0 Å². The molecule has 5 nitrogen and oxygen atoms in total. The Balaban J connectivity index is 2.53. The molecule has 0 saturated carbocycles. The molecule has 0 spiro atoms. The van der Waals surface area contributed by atoms with Gasteiger partial charge >= 0.3 is 5.97 Å². The van der Waals surface area contributed by atoms with E-state index in [1.807, 2.05) is 0 Å². The molecule has 1 aromatic carbocycles. The molecule has 0 aliphatic carbocycles. The smallest absolute Gasteiger partial charge is 0.325 e. The molecule has 0 fully saturated rings. The van der Waals surface area contributed by atoms with Crippen molar-refractivity contribution < 1.29 is 19.4 Å². The van der Waals surface area contributed by atoms with Crippen molar-refractivity contribution in [2.75, 3.05) is 13.2 Å². The van der Waals surface area contributed by atoms with E-state index in [9.17, 15) is 14.7 Å². The Kier molecular flexibility index (Phi) is 5.75. The van der Waals surface area contributed by atoms with Crippen LogP contribution in [0.15, 0.2) is 42.5 Å². The van der Waals surface area contributed by atoms with Crippen LogP contribution in [0.3, 0.4) is 0 Å². The number of hydrogen-bond acceptors (Lipinski definition) is 4. The molecule has 1 amide bonds. The quantitative estimate of drug-likeness (QED) is 0.592. The highest BCUT2D eigenvalue weighted by Crippen LogP contribution is 2.19. The molecule has 0 aromatic heterocycles. The predicted molar refractivity (Wildman–Crippen MR) is 70.2 cm³/mol. The summed E-state index contributed by atoms with van der Waals surface area (Å²) in [5, 5.41) is 12.3. The van der Waals surface area contributed by atoms with E-state index < -0.39 is 18.0 Å². The van der Waals surface area contributed by atoms with Gasteiger partial charge in [0.1, 0.15) is 12.6 Å². The molecular weight excluding hydrogens is 246 g/mol. The molecule has 0 bridgehead atoms. The fourth-order valence-electron chi connectivity index (χ4n) is 1.44. The summed E-state index contributed by atoms with van der Waals surface area (Å²) in [7, 11) is 0. The number of benzene rings is 1. The van der Waals surface area contributed by atoms with Crippen molar-refractivity contribution in [1.29, 1.82) is 0 Å². The maximum absolute atomic E-state index is 11.7. The molecule has 19 heavy (non-hydrogen) atoms. The van der Waals surface area contributed by atoms with Crippen LogP contribution >= 0.6 is 0 Å². The van der Waals surface area contributed by atoms with Gasteiger partial charge in [-0.2, -0.15) is 0 Å². The normalized spacial score (nSPS) is 11.5. The van der Waals surface area contributed by atoms with Crippen molar-refractivity contribution in [3.05, 3.63) is 48.0 Å². The van der Waals surface area contributed by atoms with Crippen molar-refractivity contribution in [2.24, 2.45) is 0 Å². The van der Waals surface area contributed by atoms with Gasteiger partial charge in [-0.3, -0.25) is 9.59 Å². The van der Waals surface area contributed by atoms with Gasteiger partial charge in [0.05, 0.1) is 6.61 Å². The minimum atomic E-state index is -1.09. The van der Waals surface area contributed by atoms with E-state index in [1.54, 1.807) is 37.3 Å². The number of rotatable bonds is 6. The highest BCUT2D eigenvalue weighted by atomic mass is 16.5. The molecule has 0 saturated heterocycles. The average Bonchev–Trinajstić information content (AvgIpc) is 2.44. The van der Waals surface area contributed by atoms with Crippen LogP contribution < -0.4 is 5.32 Å². The molecule has 102 valence electrons. The number of aliphatic hydroxyl groups excluding tert-OH is 1. The van der Waals surface area contributed by atoms with E-state index in [1.165, 1.54) is 0 Å². The van der Waals surface area contributed by atoms with Crippen LogP contribution in [0.1, 0.15) is 18.6 Å². The van der Waals surface area contributed by atoms with E-state index in [2.05, 4.69) is 16.6 Å². The first-order chi connectivity index (χ1) is 9.06. The highest BCUT2D eigenvalue weighted by Gasteiger charge is 2.18. The second kappa shape index (κ2) is 7.33. The molecule has 0 aliphatic rings. The number of carbonyl (C=O) groups is 2. The lowest BCUT2D eigenvalue weighted by molar-refractivity contribution is -0.143. The Morgan fingerprint density at radius 3 is 2.58 bits per heavy atom. The Morgan fingerprint density at radius 1 is 1.37 bits per heavy atom. The SMILES string of the molecule is C=C(C(=O)NCC(=O)OCC)C(O)c1ccccc1. The zero-order valence-electron chi connectivity index (χ0n) is 10.8. The first kappa shape index (κ1) is 14.9. The second-order valence-corrected chi connectivity index (χ2v) is 3.83. The van der Waals surface area contributed by atoms with Crippen LogP contribution in [0.2, 0.25) is 0 Å². The minimum Gasteiger partial charge on any atom is -0.465 e. The van der Waals surface area contributed by atoms with E-state index in [4.69, 9.17) is 0 Å². The van der Waals surface area contributed by atoms with Gasteiger partial charge in [-0.25, -0.2) is 0 Å². The number of hydrogen-bond donors (Lipinski definition) is 2. The van der Waals surface area contributed by atoms with Gasteiger partial charge < -0.3 is 15.2 Å². The number of esters is 1. The van der Waals surface area contributed by atoms with E-state index in [-0.39, 0.29) is 18.7 Å². The van der Waals surface area contributed by atoms with Crippen LogP contribution in [0.4, 0.5) is 0 Å². The molecule has 2 N–H and O–H groups in total. The zero-order chi connectivity index (χ0) is 14.3. The molecule has 0 heterocycles. The number of amides is 1. The lowest BCUT2D eigenvalue weighted by Crippen LogP contribution is -2.32. The van der Waals surface area contributed by atoms with Crippen molar-refractivity contribution in [3.63, 3.8) is 0 Å². The zero-order valence-corrected chi connectivity index (χ0v) is 10.8. The lowest BCUT2D eigenvalue weighted by Gasteiger charge is -2.13. The van der Waals surface area contributed by atoms with Crippen LogP contribution in [-0.2, 0) is 14.3 Å². The molecule has 0 aliphatic heterocycles. The van der Waals surface area contributed by atoms with Gasteiger partial charge in [-0.1, -0.05) is 36.9 Å². The molecule has 5 heteroatoms. The van der Waals surface area contributed by atoms with Crippen LogP contribution in [-0.4, -0.2) is 30.1 Å². The summed E-state index contributed by atoms with van der Waals surface area (Å²) in [5.41, 5.74) is 0.550. The standard InChI is InChI=1S/C14H17NO4/c1-3-19-12(16)9-15-14(18)10(2)13(17)11-7-5-4-6-8-11/h4-8,13,17H,2-3,9H2,1H3,(H,15,18). The average molecular weight is 263 g/mol. The topological polar surface area (TPSA) is 75.6 Å². The third kappa shape index (κ3) is 4.56. The van der Waals surface area contributed by atoms with Gasteiger partial charge in [0.15, 0.2) is 0 Å². The maximum Gasteiger partial charge on any atom is 0.325 e. The molecule has 1 unspecified atom stereocenters. The van der Waals surface area contributed by atoms with Gasteiger partial charge in [0.2, 0.25) is 5.91 Å². The second-order valence-electron chi connectivity index (χ2n) is 3.83. The summed E-state index contributed by atoms with van der Waals surface area (Å²) >= 11 is 0. The highest BCUT2D eigenvalue weighted by molar-refractivity contribution is 5.95. The lowest BCUT2D eigenvalue weighted by atomic mass is 10.0. The molecular formula is C14H17NO4. The molecule has 1 rings (SSSR count). The predicted octanol–water partition coefficient (Wildman–Crippen LogP) is 0.955. The van der Waals surface area contributed by atoms with Crippen molar-refractivity contribution in [1.82, 2.24) is 5.32 Å². The Bertz CT molecular complexity index is 456. The van der Waals surface area contributed by atoms with E-state index >= 15 is 0 Å². The summed E-state index contributed by atoms with van der Waals surface area (Å²) in [6.07, 6.45) is -1.09. The number of aliphatic hydroxyl groups is 1. The van der Waals surface area contributed by atoms with Crippen LogP contribution in [0, 0.1) is 0 Å². The van der Waals surface area contributed by atoms with Crippen molar-refractivity contribution in [3.8, 4) is 0 Å². The fourth-order valence-corrected chi connectivity index (χ4v) is 1.44. The number of nitrogens with one attached hydrogen (secondary N) is 1. The van der Waals surface area contributed by atoms with Crippen LogP contribution in [0.25, 0.3) is 0 Å². The van der Waals surface area contributed by atoms with Gasteiger partial charge in [-0.15, -0.1) is 0 Å². The molecule has 1 aromatic rings. The third-order valence-corrected chi connectivity index (χ3v) is 2.44. The van der Waals surface area contributed by atoms with Crippen molar-refractivity contribution >= 4 is 11.9 Å². The Morgan fingerprint density at radius 2 is 2.00 bits per heavy atom. The minimum absolute atomic E-state index is 0.0181. The van der Waals surface area contributed by atoms with Gasteiger partial charge in [0.25, 0.3) is 0 Å². The molecule has 1 atom stereocenters. The fraction of sp³-hybridized carbons (Fsp3) is 0.286. The largest absolute Gasteiger partial charge is 0.465 e. The monoisotopic (exact) mass is 263 g/mol. The Labute approximate surface area is 111 Å². The van der Waals surface area contributed by atoms with Crippen molar-refractivity contribution in [2.45, 2.75) is 13.0 Å². The summed E-state index contributed by atoms with van der Waals surface area (Å²) in [6, 6.07) is 8.69. The summed E-state index contributed by atoms with van der Waals surface area (Å²) in [6.45, 7) is 5.23. The van der Waals surface area contributed by atoms with Gasteiger partial charge in [0, 0.05) is 5.57 Å². The third-order valence-electron chi connectivity index (χ3n) is 2.44. The number of carbonyl (C=O) groups excluding carboxylic acids is 2.